The van der Waals surface area contributed by atoms with Gasteiger partial charge < -0.3 is 10.2 Å². The minimum absolute atomic E-state index is 0.781. The van der Waals surface area contributed by atoms with E-state index in [1.165, 1.54) is 36.0 Å². The molecule has 114 valence electrons. The number of fused-ring (bicyclic) bond motifs is 1. The lowest BCUT2D eigenvalue weighted by Gasteiger charge is -2.27. The first-order valence-corrected chi connectivity index (χ1v) is 8.11. The van der Waals surface area contributed by atoms with Crippen molar-refractivity contribution in [3.63, 3.8) is 0 Å². The molecule has 4 nitrogen and oxygen atoms in total. The van der Waals surface area contributed by atoms with Crippen LogP contribution in [0.1, 0.15) is 25.5 Å². The van der Waals surface area contributed by atoms with Crippen LogP contribution in [0.15, 0.2) is 24.3 Å². The molecule has 21 heavy (non-hydrogen) atoms. The van der Waals surface area contributed by atoms with Gasteiger partial charge in [0.1, 0.15) is 0 Å². The Morgan fingerprint density at radius 3 is 3.00 bits per heavy atom. The van der Waals surface area contributed by atoms with Crippen molar-refractivity contribution in [1.29, 1.82) is 0 Å². The largest absolute Gasteiger partial charge is 0.316 e. The first-order valence-electron chi connectivity index (χ1n) is 8.11. The van der Waals surface area contributed by atoms with Gasteiger partial charge in [-0.3, -0.25) is 4.68 Å². The van der Waals surface area contributed by atoms with E-state index in [4.69, 9.17) is 5.10 Å². The van der Waals surface area contributed by atoms with E-state index in [-0.39, 0.29) is 0 Å². The van der Waals surface area contributed by atoms with Crippen molar-refractivity contribution in [2.24, 2.45) is 5.92 Å². The summed E-state index contributed by atoms with van der Waals surface area (Å²) >= 11 is 0. The first kappa shape index (κ1) is 14.5. The Balaban J connectivity index is 1.71. The number of benzene rings is 1. The number of piperidine rings is 1. The number of nitrogens with one attached hydrogen (secondary N) is 1. The normalized spacial score (nSPS) is 19.5. The smallest absolute Gasteiger partial charge is 0.0843 e. The molecule has 1 unspecified atom stereocenters. The summed E-state index contributed by atoms with van der Waals surface area (Å²) in [4.78, 5) is 2.42. The molecule has 1 saturated heterocycles. The average Bonchev–Trinajstić information content (AvgIpc) is 2.86. The fourth-order valence-electron chi connectivity index (χ4n) is 3.39. The van der Waals surface area contributed by atoms with E-state index in [1.54, 1.807) is 0 Å². The quantitative estimate of drug-likeness (QED) is 0.916. The second-order valence-electron chi connectivity index (χ2n) is 6.19. The van der Waals surface area contributed by atoms with Crippen LogP contribution in [0, 0.1) is 5.92 Å². The molecule has 0 radical (unpaired) electrons. The van der Waals surface area contributed by atoms with Gasteiger partial charge in [0.2, 0.25) is 0 Å². The van der Waals surface area contributed by atoms with Crippen molar-refractivity contribution in [3.05, 3.63) is 30.0 Å². The fraction of sp³-hybridized carbons (Fsp3) is 0.588. The fourth-order valence-corrected chi connectivity index (χ4v) is 3.39. The highest BCUT2D eigenvalue weighted by Crippen LogP contribution is 2.20. The van der Waals surface area contributed by atoms with Crippen molar-refractivity contribution in [2.45, 2.75) is 32.9 Å². The van der Waals surface area contributed by atoms with Crippen molar-refractivity contribution in [2.75, 3.05) is 26.7 Å². The summed E-state index contributed by atoms with van der Waals surface area (Å²) in [6.45, 7) is 7.52. The molecule has 1 aliphatic rings. The minimum Gasteiger partial charge on any atom is -0.316 e. The highest BCUT2D eigenvalue weighted by molar-refractivity contribution is 5.81. The number of nitrogens with zero attached hydrogens (tertiary/aromatic N) is 3. The molecule has 0 aliphatic carbocycles. The van der Waals surface area contributed by atoms with Gasteiger partial charge >= 0.3 is 0 Å². The Bertz CT molecular complexity index is 583. The SMILES string of the molecule is CCn1nc(CN(C)CC2CCCNC2)c2ccccc21. The molecule has 1 atom stereocenters. The monoisotopic (exact) mass is 286 g/mol. The summed E-state index contributed by atoms with van der Waals surface area (Å²) in [7, 11) is 2.22. The van der Waals surface area contributed by atoms with Crippen molar-refractivity contribution in [1.82, 2.24) is 20.0 Å². The molecular weight excluding hydrogens is 260 g/mol. The number of hydrogen-bond donors (Lipinski definition) is 1. The van der Waals surface area contributed by atoms with Gasteiger partial charge in [-0.05, 0) is 51.9 Å². The van der Waals surface area contributed by atoms with Crippen LogP contribution >= 0.6 is 0 Å². The maximum absolute atomic E-state index is 4.80. The van der Waals surface area contributed by atoms with Crippen LogP contribution in [0.5, 0.6) is 0 Å². The van der Waals surface area contributed by atoms with Crippen molar-refractivity contribution >= 4 is 10.9 Å². The average molecular weight is 286 g/mol. The van der Waals surface area contributed by atoms with Crippen LogP contribution in [0.25, 0.3) is 10.9 Å². The molecular formula is C17H26N4. The van der Waals surface area contributed by atoms with Crippen molar-refractivity contribution in [3.8, 4) is 0 Å². The van der Waals surface area contributed by atoms with Gasteiger partial charge in [-0.2, -0.15) is 5.10 Å². The van der Waals surface area contributed by atoms with Crippen LogP contribution in [-0.2, 0) is 13.1 Å². The number of rotatable bonds is 5. The van der Waals surface area contributed by atoms with Crippen LogP contribution in [0.2, 0.25) is 0 Å². The molecule has 1 aromatic heterocycles. The molecule has 2 heterocycles. The number of para-hydroxylation sites is 1. The predicted molar refractivity (Wildman–Crippen MR) is 87.3 cm³/mol. The molecule has 0 saturated carbocycles. The Kier molecular flexibility index (Phi) is 4.56. The van der Waals surface area contributed by atoms with Gasteiger partial charge in [0.05, 0.1) is 11.2 Å². The van der Waals surface area contributed by atoms with Gasteiger partial charge in [-0.15, -0.1) is 0 Å². The molecule has 2 aromatic rings. The molecule has 3 rings (SSSR count). The molecule has 1 fully saturated rings. The van der Waals surface area contributed by atoms with Gasteiger partial charge in [0.15, 0.2) is 0 Å². The summed E-state index contributed by atoms with van der Waals surface area (Å²) in [6, 6.07) is 8.57. The molecule has 1 aliphatic heterocycles. The Labute approximate surface area is 127 Å². The van der Waals surface area contributed by atoms with Gasteiger partial charge in [0, 0.05) is 25.0 Å². The summed E-state index contributed by atoms with van der Waals surface area (Å²) < 4.78 is 2.11. The van der Waals surface area contributed by atoms with E-state index in [2.05, 4.69) is 53.1 Å². The third kappa shape index (κ3) is 3.27. The summed E-state index contributed by atoms with van der Waals surface area (Å²) in [5.41, 5.74) is 2.46. The lowest BCUT2D eigenvalue weighted by Crippen LogP contribution is -2.36. The lowest BCUT2D eigenvalue weighted by molar-refractivity contribution is 0.235. The van der Waals surface area contributed by atoms with E-state index in [1.807, 2.05) is 0 Å². The predicted octanol–water partition coefficient (Wildman–Crippen LogP) is 2.49. The maximum atomic E-state index is 4.80. The van der Waals surface area contributed by atoms with Crippen LogP contribution in [0.3, 0.4) is 0 Å². The van der Waals surface area contributed by atoms with E-state index >= 15 is 0 Å². The topological polar surface area (TPSA) is 33.1 Å². The number of hydrogen-bond acceptors (Lipinski definition) is 3. The van der Waals surface area contributed by atoms with E-state index in [0.717, 1.165) is 32.1 Å². The zero-order chi connectivity index (χ0) is 14.7. The van der Waals surface area contributed by atoms with E-state index in [9.17, 15) is 0 Å². The highest BCUT2D eigenvalue weighted by Gasteiger charge is 2.17. The van der Waals surface area contributed by atoms with E-state index < -0.39 is 0 Å². The van der Waals surface area contributed by atoms with Gasteiger partial charge in [0.25, 0.3) is 0 Å². The zero-order valence-corrected chi connectivity index (χ0v) is 13.2. The maximum Gasteiger partial charge on any atom is 0.0843 e. The van der Waals surface area contributed by atoms with Crippen molar-refractivity contribution < 1.29 is 0 Å². The molecule has 1 aromatic carbocycles. The highest BCUT2D eigenvalue weighted by atomic mass is 15.3. The first-order chi connectivity index (χ1) is 10.3. The Morgan fingerprint density at radius 2 is 2.24 bits per heavy atom. The molecule has 0 spiro atoms. The number of aromatic nitrogens is 2. The van der Waals surface area contributed by atoms with Crippen LogP contribution < -0.4 is 5.32 Å². The zero-order valence-electron chi connectivity index (χ0n) is 13.2. The van der Waals surface area contributed by atoms with Gasteiger partial charge in [-0.1, -0.05) is 18.2 Å². The third-order valence-corrected chi connectivity index (χ3v) is 4.42. The molecule has 0 bridgehead atoms. The summed E-state index contributed by atoms with van der Waals surface area (Å²) in [5.74, 6) is 0.781. The minimum atomic E-state index is 0.781. The second-order valence-corrected chi connectivity index (χ2v) is 6.19. The summed E-state index contributed by atoms with van der Waals surface area (Å²) in [6.07, 6.45) is 2.66. The van der Waals surface area contributed by atoms with Crippen LogP contribution in [0.4, 0.5) is 0 Å². The lowest BCUT2D eigenvalue weighted by atomic mass is 9.99. The molecule has 0 amide bonds. The number of aryl methyl sites for hydroxylation is 1. The third-order valence-electron chi connectivity index (χ3n) is 4.42. The van der Waals surface area contributed by atoms with Crippen LogP contribution in [-0.4, -0.2) is 41.4 Å². The molecule has 1 N–H and O–H groups in total. The van der Waals surface area contributed by atoms with E-state index in [0.29, 0.717) is 0 Å². The van der Waals surface area contributed by atoms with Gasteiger partial charge in [-0.25, -0.2) is 0 Å². The summed E-state index contributed by atoms with van der Waals surface area (Å²) in [5, 5.41) is 9.60. The Hall–Kier alpha value is -1.39. The molecule has 4 heteroatoms. The Morgan fingerprint density at radius 1 is 1.38 bits per heavy atom. The second kappa shape index (κ2) is 6.58. The standard InChI is InChI=1S/C17H26N4/c1-3-21-17-9-5-4-8-15(17)16(19-21)13-20(2)12-14-7-6-10-18-11-14/h4-5,8-9,14,18H,3,6-7,10-13H2,1-2H3.